The summed E-state index contributed by atoms with van der Waals surface area (Å²) in [6.07, 6.45) is 3.92. The fraction of sp³-hybridized carbons (Fsp3) is 0.214. The summed E-state index contributed by atoms with van der Waals surface area (Å²) in [4.78, 5) is 11.2. The second-order valence-electron chi connectivity index (χ2n) is 5.17. The minimum atomic E-state index is 0.444. The Morgan fingerprint density at radius 3 is 3.00 bits per heavy atom. The van der Waals surface area contributed by atoms with Crippen LogP contribution in [0.1, 0.15) is 24.5 Å². The van der Waals surface area contributed by atoms with Crippen molar-refractivity contribution in [1.82, 2.24) is 19.9 Å². The van der Waals surface area contributed by atoms with Crippen LogP contribution in [0.3, 0.4) is 0 Å². The highest BCUT2D eigenvalue weighted by Gasteiger charge is 2.28. The first-order valence-electron chi connectivity index (χ1n) is 6.89. The Morgan fingerprint density at radius 1 is 1.41 bits per heavy atom. The molecule has 22 heavy (non-hydrogen) atoms. The molecule has 4 rings (SSSR count). The molecule has 112 valence electrons. The van der Waals surface area contributed by atoms with Crippen molar-refractivity contribution in [1.29, 1.82) is 0 Å². The van der Waals surface area contributed by atoms with Crippen LogP contribution >= 0.6 is 22.9 Å². The van der Waals surface area contributed by atoms with E-state index in [1.54, 1.807) is 17.5 Å². The lowest BCUT2D eigenvalue weighted by Gasteiger charge is -2.05. The largest absolute Gasteiger partial charge is 0.323 e. The van der Waals surface area contributed by atoms with Crippen LogP contribution in [0.2, 0.25) is 5.02 Å². The van der Waals surface area contributed by atoms with Crippen LogP contribution in [-0.2, 0) is 0 Å². The van der Waals surface area contributed by atoms with Crippen LogP contribution in [0.5, 0.6) is 0 Å². The number of halogens is 1. The van der Waals surface area contributed by atoms with E-state index in [4.69, 9.17) is 17.4 Å². The maximum absolute atomic E-state index is 6.18. The summed E-state index contributed by atoms with van der Waals surface area (Å²) in [5.41, 5.74) is 1.03. The van der Waals surface area contributed by atoms with Gasteiger partial charge < -0.3 is 11.2 Å². The van der Waals surface area contributed by atoms with Crippen molar-refractivity contribution in [3.8, 4) is 10.7 Å². The molecular weight excluding hydrogens is 320 g/mol. The molecule has 0 bridgehead atoms. The van der Waals surface area contributed by atoms with Gasteiger partial charge in [-0.1, -0.05) is 17.7 Å². The predicted molar refractivity (Wildman–Crippen MR) is 88.0 cm³/mol. The Balaban J connectivity index is 1.64. The third kappa shape index (κ3) is 2.53. The lowest BCUT2D eigenvalue weighted by molar-refractivity contribution is 0.769. The zero-order chi connectivity index (χ0) is 15.1. The molecule has 0 aromatic carbocycles. The second-order valence-corrected chi connectivity index (χ2v) is 6.52. The molecule has 3 aromatic heterocycles. The van der Waals surface area contributed by atoms with Crippen molar-refractivity contribution in [3.63, 3.8) is 0 Å². The second kappa shape index (κ2) is 5.26. The average Bonchev–Trinajstić information content (AvgIpc) is 3.06. The number of rotatable bonds is 4. The van der Waals surface area contributed by atoms with Gasteiger partial charge in [0.15, 0.2) is 17.5 Å². The van der Waals surface area contributed by atoms with Gasteiger partial charge in [0.05, 0.1) is 16.8 Å². The number of aromatic nitrogens is 4. The van der Waals surface area contributed by atoms with Crippen LogP contribution in [0.25, 0.3) is 10.7 Å². The molecule has 0 amide bonds. The standard InChI is InChI=1S/C14H13ClN6S/c15-9-7-17-14(11-2-1-5-22-11)19-13(9)18-12-6-10(8-3-4-8)21(16)20-12/h1-2,5-8H,3-4,16H2,(H,17,18,19,20). The number of nitrogen functional groups attached to an aromatic ring is 1. The highest BCUT2D eigenvalue weighted by atomic mass is 35.5. The number of hydrogen-bond donors (Lipinski definition) is 2. The van der Waals surface area contributed by atoms with Crippen LogP contribution in [0.4, 0.5) is 11.6 Å². The fourth-order valence-electron chi connectivity index (χ4n) is 2.25. The van der Waals surface area contributed by atoms with Crippen molar-refractivity contribution in [2.75, 3.05) is 11.2 Å². The Labute approximate surface area is 135 Å². The van der Waals surface area contributed by atoms with E-state index in [-0.39, 0.29) is 0 Å². The van der Waals surface area contributed by atoms with Gasteiger partial charge in [-0.05, 0) is 24.3 Å². The SMILES string of the molecule is Nn1nc(Nc2nc(-c3cccs3)ncc2Cl)cc1C1CC1. The Morgan fingerprint density at radius 2 is 2.27 bits per heavy atom. The lowest BCUT2D eigenvalue weighted by atomic mass is 10.3. The summed E-state index contributed by atoms with van der Waals surface area (Å²) in [5.74, 6) is 8.21. The summed E-state index contributed by atoms with van der Waals surface area (Å²) < 4.78 is 0. The Hall–Kier alpha value is -2.12. The minimum absolute atomic E-state index is 0.444. The molecule has 0 unspecified atom stereocenters. The van der Waals surface area contributed by atoms with Gasteiger partial charge in [-0.2, -0.15) is 4.79 Å². The molecule has 8 heteroatoms. The van der Waals surface area contributed by atoms with Crippen LogP contribution in [-0.4, -0.2) is 19.9 Å². The third-order valence-electron chi connectivity index (χ3n) is 3.49. The number of nitrogens with two attached hydrogens (primary N) is 1. The number of thiophene rings is 1. The number of hydrogen-bond acceptors (Lipinski definition) is 6. The van der Waals surface area contributed by atoms with Gasteiger partial charge in [0.2, 0.25) is 0 Å². The molecule has 1 aliphatic rings. The van der Waals surface area contributed by atoms with Crippen LogP contribution in [0, 0.1) is 0 Å². The van der Waals surface area contributed by atoms with Gasteiger partial charge in [-0.3, -0.25) is 0 Å². The highest BCUT2D eigenvalue weighted by Crippen LogP contribution is 2.40. The van der Waals surface area contributed by atoms with E-state index < -0.39 is 0 Å². The summed E-state index contributed by atoms with van der Waals surface area (Å²) in [6.45, 7) is 0. The van der Waals surface area contributed by atoms with Crippen molar-refractivity contribution in [3.05, 3.63) is 40.5 Å². The van der Waals surface area contributed by atoms with E-state index in [9.17, 15) is 0 Å². The number of nitrogens with one attached hydrogen (secondary N) is 1. The van der Waals surface area contributed by atoms with E-state index >= 15 is 0 Å². The molecule has 1 saturated carbocycles. The van der Waals surface area contributed by atoms with Crippen LogP contribution in [0.15, 0.2) is 29.8 Å². The van der Waals surface area contributed by atoms with Gasteiger partial charge in [0.25, 0.3) is 0 Å². The summed E-state index contributed by atoms with van der Waals surface area (Å²) in [7, 11) is 0. The molecule has 1 fully saturated rings. The monoisotopic (exact) mass is 332 g/mol. The molecular formula is C14H13ClN6S. The average molecular weight is 333 g/mol. The molecule has 3 N–H and O–H groups in total. The quantitative estimate of drug-likeness (QED) is 0.716. The fourth-order valence-corrected chi connectivity index (χ4v) is 3.06. The predicted octanol–water partition coefficient (Wildman–Crippen LogP) is 3.39. The maximum Gasteiger partial charge on any atom is 0.171 e. The van der Waals surface area contributed by atoms with E-state index in [0.29, 0.717) is 28.4 Å². The van der Waals surface area contributed by atoms with Gasteiger partial charge in [-0.25, -0.2) is 9.97 Å². The molecule has 6 nitrogen and oxygen atoms in total. The van der Waals surface area contributed by atoms with Crippen LogP contribution < -0.4 is 11.2 Å². The maximum atomic E-state index is 6.18. The van der Waals surface area contributed by atoms with Crippen molar-refractivity contribution in [2.24, 2.45) is 0 Å². The zero-order valence-electron chi connectivity index (χ0n) is 11.5. The molecule has 0 saturated heterocycles. The van der Waals surface area contributed by atoms with E-state index in [1.807, 2.05) is 23.6 Å². The number of anilines is 2. The first-order chi connectivity index (χ1) is 10.7. The minimum Gasteiger partial charge on any atom is -0.323 e. The van der Waals surface area contributed by atoms with Gasteiger partial charge in [0.1, 0.15) is 5.02 Å². The normalized spacial score (nSPS) is 14.2. The Bertz CT molecular complexity index is 809. The van der Waals surface area contributed by atoms with Crippen molar-refractivity contribution < 1.29 is 0 Å². The summed E-state index contributed by atoms with van der Waals surface area (Å²) >= 11 is 7.76. The van der Waals surface area contributed by atoms with Gasteiger partial charge in [0, 0.05) is 12.0 Å². The molecule has 0 spiro atoms. The highest BCUT2D eigenvalue weighted by molar-refractivity contribution is 7.13. The van der Waals surface area contributed by atoms with Crippen molar-refractivity contribution >= 4 is 34.6 Å². The molecule has 3 heterocycles. The van der Waals surface area contributed by atoms with Crippen molar-refractivity contribution in [2.45, 2.75) is 18.8 Å². The third-order valence-corrected chi connectivity index (χ3v) is 4.63. The summed E-state index contributed by atoms with van der Waals surface area (Å²) in [6, 6.07) is 5.88. The smallest absolute Gasteiger partial charge is 0.171 e. The van der Waals surface area contributed by atoms with Gasteiger partial charge in [-0.15, -0.1) is 16.4 Å². The van der Waals surface area contributed by atoms with E-state index in [0.717, 1.165) is 10.6 Å². The first kappa shape index (κ1) is 13.5. The van der Waals surface area contributed by atoms with E-state index in [1.165, 1.54) is 17.6 Å². The summed E-state index contributed by atoms with van der Waals surface area (Å²) in [5, 5.41) is 9.82. The zero-order valence-corrected chi connectivity index (χ0v) is 13.1. The van der Waals surface area contributed by atoms with E-state index in [2.05, 4.69) is 20.4 Å². The lowest BCUT2D eigenvalue weighted by Crippen LogP contribution is -2.13. The first-order valence-corrected chi connectivity index (χ1v) is 8.15. The molecule has 0 aliphatic heterocycles. The molecule has 0 atom stereocenters. The number of nitrogens with zero attached hydrogens (tertiary/aromatic N) is 4. The molecule has 3 aromatic rings. The topological polar surface area (TPSA) is 81.7 Å². The molecule has 1 aliphatic carbocycles. The van der Waals surface area contributed by atoms with Gasteiger partial charge >= 0.3 is 0 Å². The molecule has 0 radical (unpaired) electrons. The Kier molecular flexibility index (Phi) is 3.24.